The normalized spacial score (nSPS) is 17.5. The van der Waals surface area contributed by atoms with Crippen molar-refractivity contribution in [2.24, 2.45) is 5.73 Å². The molecule has 4 rings (SSSR count). The first-order chi connectivity index (χ1) is 15.4. The molecule has 3 heterocycles. The molecule has 1 aliphatic rings. The third kappa shape index (κ3) is 4.94. The molecule has 10 nitrogen and oxygen atoms in total. The quantitative estimate of drug-likeness (QED) is 0.531. The topological polar surface area (TPSA) is 134 Å². The maximum atomic E-state index is 14.9. The van der Waals surface area contributed by atoms with Crippen LogP contribution in [0.2, 0.25) is 0 Å². The Morgan fingerprint density at radius 3 is 2.67 bits per heavy atom. The van der Waals surface area contributed by atoms with Gasteiger partial charge in [0.15, 0.2) is 0 Å². The maximum Gasteiger partial charge on any atom is 0.417 e. The van der Waals surface area contributed by atoms with Gasteiger partial charge in [-0.15, -0.1) is 22.6 Å². The van der Waals surface area contributed by atoms with Gasteiger partial charge in [0.05, 0.1) is 12.1 Å². The molecule has 12 heteroatoms. The fourth-order valence-corrected chi connectivity index (χ4v) is 3.28. The minimum Gasteiger partial charge on any atom is -0.423 e. The Morgan fingerprint density at radius 1 is 1.27 bits per heavy atom. The molecule has 1 aliphatic heterocycles. The standard InChI is InChI=1S/C21H20FN5O5.ClH/c1-11-20(31-18(28)7-8-23)32-21(29)27(11)14-4-5-15(16(22)9-14)13-3-6-17(24-10-13)19-26-25-12(2)30-19;/h3-6,9-11,20H,7-8,23H2,1-2H3;1H/t11-,20?;/m1./s1. The number of anilines is 1. The van der Waals surface area contributed by atoms with Gasteiger partial charge >= 0.3 is 12.1 Å². The van der Waals surface area contributed by atoms with Crippen molar-refractivity contribution in [1.29, 1.82) is 0 Å². The maximum absolute atomic E-state index is 14.9. The second kappa shape index (κ2) is 9.92. The van der Waals surface area contributed by atoms with Crippen LogP contribution in [0.15, 0.2) is 40.9 Å². The van der Waals surface area contributed by atoms with E-state index in [1.807, 2.05) is 0 Å². The first-order valence-corrected chi connectivity index (χ1v) is 9.83. The number of carbonyl (C=O) groups is 2. The molecule has 2 N–H and O–H groups in total. The van der Waals surface area contributed by atoms with E-state index in [-0.39, 0.29) is 37.0 Å². The summed E-state index contributed by atoms with van der Waals surface area (Å²) in [6, 6.07) is 7.01. The molecule has 0 bridgehead atoms. The van der Waals surface area contributed by atoms with Crippen LogP contribution in [0.3, 0.4) is 0 Å². The van der Waals surface area contributed by atoms with Gasteiger partial charge in [-0.05, 0) is 31.2 Å². The second-order valence-electron chi connectivity index (χ2n) is 7.11. The number of nitrogens with two attached hydrogens (primary N) is 1. The number of benzene rings is 1. The van der Waals surface area contributed by atoms with E-state index < -0.39 is 30.2 Å². The first-order valence-electron chi connectivity index (χ1n) is 9.83. The summed E-state index contributed by atoms with van der Waals surface area (Å²) < 4.78 is 30.5. The monoisotopic (exact) mass is 477 g/mol. The van der Waals surface area contributed by atoms with Crippen LogP contribution in [0.1, 0.15) is 19.2 Å². The highest BCUT2D eigenvalue weighted by Crippen LogP contribution is 2.32. The Labute approximate surface area is 194 Å². The van der Waals surface area contributed by atoms with E-state index in [0.29, 0.717) is 22.7 Å². The molecule has 1 unspecified atom stereocenters. The number of halogens is 2. The van der Waals surface area contributed by atoms with Gasteiger partial charge in [0.1, 0.15) is 17.6 Å². The van der Waals surface area contributed by atoms with Crippen molar-refractivity contribution in [3.8, 4) is 22.7 Å². The predicted molar refractivity (Wildman–Crippen MR) is 117 cm³/mol. The molecule has 2 atom stereocenters. The molecular weight excluding hydrogens is 457 g/mol. The summed E-state index contributed by atoms with van der Waals surface area (Å²) in [6.07, 6.45) is -0.347. The van der Waals surface area contributed by atoms with E-state index in [9.17, 15) is 14.0 Å². The van der Waals surface area contributed by atoms with Gasteiger partial charge in [0, 0.05) is 30.8 Å². The molecule has 33 heavy (non-hydrogen) atoms. The Bertz CT molecular complexity index is 1160. The van der Waals surface area contributed by atoms with E-state index >= 15 is 0 Å². The van der Waals surface area contributed by atoms with Gasteiger partial charge in [0.2, 0.25) is 5.89 Å². The largest absolute Gasteiger partial charge is 0.423 e. The summed E-state index contributed by atoms with van der Waals surface area (Å²) in [5.41, 5.74) is 6.88. The van der Waals surface area contributed by atoms with E-state index in [4.69, 9.17) is 19.6 Å². The minimum atomic E-state index is -1.10. The number of nitrogens with zero attached hydrogens (tertiary/aromatic N) is 4. The number of hydrogen-bond acceptors (Lipinski definition) is 9. The highest BCUT2D eigenvalue weighted by atomic mass is 35.5. The van der Waals surface area contributed by atoms with E-state index in [1.54, 1.807) is 32.0 Å². The van der Waals surface area contributed by atoms with Crippen LogP contribution < -0.4 is 10.6 Å². The van der Waals surface area contributed by atoms with Crippen molar-refractivity contribution in [3.63, 3.8) is 0 Å². The number of pyridine rings is 1. The van der Waals surface area contributed by atoms with Gasteiger partial charge in [-0.25, -0.2) is 9.18 Å². The zero-order valence-electron chi connectivity index (χ0n) is 17.7. The number of esters is 1. The Hall–Kier alpha value is -3.57. The lowest BCUT2D eigenvalue weighted by Gasteiger charge is -2.21. The number of aromatic nitrogens is 3. The first kappa shape index (κ1) is 24.1. The highest BCUT2D eigenvalue weighted by Gasteiger charge is 2.42. The Morgan fingerprint density at radius 2 is 2.06 bits per heavy atom. The minimum absolute atomic E-state index is 0. The zero-order chi connectivity index (χ0) is 22.8. The molecule has 1 aromatic carbocycles. The molecular formula is C21H21ClFN5O5. The van der Waals surface area contributed by atoms with E-state index in [0.717, 1.165) is 0 Å². The third-order valence-electron chi connectivity index (χ3n) is 4.86. The lowest BCUT2D eigenvalue weighted by Crippen LogP contribution is -2.36. The molecule has 1 saturated heterocycles. The molecule has 1 fully saturated rings. The number of hydrogen-bond donors (Lipinski definition) is 1. The predicted octanol–water partition coefficient (Wildman–Crippen LogP) is 3.23. The third-order valence-corrected chi connectivity index (χ3v) is 4.86. The van der Waals surface area contributed by atoms with Crippen LogP contribution in [-0.2, 0) is 14.3 Å². The summed E-state index contributed by atoms with van der Waals surface area (Å²) in [4.78, 5) is 29.5. The second-order valence-corrected chi connectivity index (χ2v) is 7.11. The Kier molecular flexibility index (Phi) is 7.24. The highest BCUT2D eigenvalue weighted by molar-refractivity contribution is 5.91. The Balaban J connectivity index is 0.00000306. The van der Waals surface area contributed by atoms with Gasteiger partial charge in [-0.3, -0.25) is 14.7 Å². The number of rotatable bonds is 6. The summed E-state index contributed by atoms with van der Waals surface area (Å²) in [5, 5.41) is 7.66. The van der Waals surface area contributed by atoms with Crippen LogP contribution in [0.5, 0.6) is 0 Å². The van der Waals surface area contributed by atoms with Crippen LogP contribution in [0.25, 0.3) is 22.7 Å². The summed E-state index contributed by atoms with van der Waals surface area (Å²) in [7, 11) is 0. The van der Waals surface area contributed by atoms with Crippen molar-refractivity contribution in [1.82, 2.24) is 15.2 Å². The summed E-state index contributed by atoms with van der Waals surface area (Å²) in [6.45, 7) is 3.43. The number of ether oxygens (including phenoxy) is 2. The fraction of sp³-hybridized carbons (Fsp3) is 0.286. The zero-order valence-corrected chi connectivity index (χ0v) is 18.5. The molecule has 1 amide bonds. The number of cyclic esters (lactones) is 1. The smallest absolute Gasteiger partial charge is 0.417 e. The van der Waals surface area contributed by atoms with Crippen LogP contribution in [-0.4, -0.2) is 46.1 Å². The summed E-state index contributed by atoms with van der Waals surface area (Å²) >= 11 is 0. The number of carbonyl (C=O) groups excluding carboxylic acids is 2. The molecule has 2 aromatic heterocycles. The van der Waals surface area contributed by atoms with Gasteiger partial charge in [0.25, 0.3) is 12.2 Å². The van der Waals surface area contributed by atoms with E-state index in [1.165, 1.54) is 23.2 Å². The lowest BCUT2D eigenvalue weighted by molar-refractivity contribution is -0.164. The van der Waals surface area contributed by atoms with Gasteiger partial charge in [-0.2, -0.15) is 0 Å². The molecule has 0 spiro atoms. The van der Waals surface area contributed by atoms with Crippen LogP contribution >= 0.6 is 12.4 Å². The van der Waals surface area contributed by atoms with E-state index in [2.05, 4.69) is 15.2 Å². The fourth-order valence-electron chi connectivity index (χ4n) is 3.28. The molecule has 3 aromatic rings. The van der Waals surface area contributed by atoms with Crippen molar-refractivity contribution in [2.75, 3.05) is 11.4 Å². The van der Waals surface area contributed by atoms with Crippen molar-refractivity contribution >= 4 is 30.2 Å². The molecule has 174 valence electrons. The van der Waals surface area contributed by atoms with Crippen LogP contribution in [0.4, 0.5) is 14.9 Å². The van der Waals surface area contributed by atoms with Crippen LogP contribution in [0, 0.1) is 12.7 Å². The van der Waals surface area contributed by atoms with Gasteiger partial charge in [-0.1, -0.05) is 6.07 Å². The molecule has 0 saturated carbocycles. The average molecular weight is 478 g/mol. The molecule has 0 radical (unpaired) electrons. The SMILES string of the molecule is Cc1nnc(-c2ccc(-c3ccc(N4C(=O)OC(OC(=O)CCN)[C@H]4C)cc3F)cn2)o1.Cl. The van der Waals surface area contributed by atoms with Gasteiger partial charge < -0.3 is 19.6 Å². The number of aryl methyl sites for hydroxylation is 1. The summed E-state index contributed by atoms with van der Waals surface area (Å²) in [5.74, 6) is -0.451. The average Bonchev–Trinajstić information content (AvgIpc) is 3.31. The molecule has 0 aliphatic carbocycles. The van der Waals surface area contributed by atoms with Crippen molar-refractivity contribution in [3.05, 3.63) is 48.2 Å². The lowest BCUT2D eigenvalue weighted by atomic mass is 10.1. The number of amides is 1. The van der Waals surface area contributed by atoms with Crippen molar-refractivity contribution in [2.45, 2.75) is 32.6 Å². The van der Waals surface area contributed by atoms with Crippen molar-refractivity contribution < 1.29 is 27.9 Å².